The van der Waals surface area contributed by atoms with Gasteiger partial charge >= 0.3 is 12.2 Å². The first-order chi connectivity index (χ1) is 9.74. The Morgan fingerprint density at radius 1 is 1.38 bits per heavy atom. The number of hydrogen-bond acceptors (Lipinski definition) is 2. The molecule has 0 aliphatic heterocycles. The van der Waals surface area contributed by atoms with Crippen molar-refractivity contribution in [3.05, 3.63) is 29.6 Å². The number of aliphatic hydroxyl groups excluding tert-OH is 1. The normalized spacial score (nSPS) is 12.9. The summed E-state index contributed by atoms with van der Waals surface area (Å²) in [6.45, 7) is 1.94. The molecular weight excluding hydrogens is 292 g/mol. The van der Waals surface area contributed by atoms with Crippen molar-refractivity contribution in [2.24, 2.45) is 5.92 Å². The number of urea groups is 1. The van der Waals surface area contributed by atoms with Crippen molar-refractivity contribution in [1.29, 1.82) is 0 Å². The molecule has 1 aromatic rings. The van der Waals surface area contributed by atoms with Crippen LogP contribution < -0.4 is 10.6 Å². The molecule has 0 spiro atoms. The van der Waals surface area contributed by atoms with Gasteiger partial charge in [0.2, 0.25) is 0 Å². The quantitative estimate of drug-likeness (QED) is 0.732. The number of alkyl halides is 3. The third kappa shape index (κ3) is 5.58. The van der Waals surface area contributed by atoms with Gasteiger partial charge in [-0.15, -0.1) is 0 Å². The molecule has 0 aliphatic carbocycles. The Morgan fingerprint density at radius 3 is 2.62 bits per heavy atom. The van der Waals surface area contributed by atoms with Gasteiger partial charge in [-0.05, 0) is 30.5 Å². The lowest BCUT2D eigenvalue weighted by Gasteiger charge is -2.15. The molecule has 8 heteroatoms. The van der Waals surface area contributed by atoms with Crippen LogP contribution in [-0.2, 0) is 6.18 Å². The fraction of sp³-hybridized carbons (Fsp3) is 0.462. The van der Waals surface area contributed by atoms with Crippen molar-refractivity contribution < 1.29 is 27.5 Å². The fourth-order valence-corrected chi connectivity index (χ4v) is 1.62. The molecule has 4 nitrogen and oxygen atoms in total. The summed E-state index contributed by atoms with van der Waals surface area (Å²) in [6, 6.07) is 1.19. The van der Waals surface area contributed by atoms with E-state index >= 15 is 0 Å². The van der Waals surface area contributed by atoms with Crippen LogP contribution >= 0.6 is 0 Å². The number of anilines is 1. The van der Waals surface area contributed by atoms with Gasteiger partial charge in [0.1, 0.15) is 5.82 Å². The predicted octanol–water partition coefficient (Wildman–Crippen LogP) is 2.98. The second-order valence-corrected chi connectivity index (χ2v) is 4.64. The van der Waals surface area contributed by atoms with Gasteiger partial charge in [-0.25, -0.2) is 9.18 Å². The van der Waals surface area contributed by atoms with E-state index < -0.39 is 29.3 Å². The molecule has 0 heterocycles. The highest BCUT2D eigenvalue weighted by atomic mass is 19.4. The highest BCUT2D eigenvalue weighted by Gasteiger charge is 2.34. The summed E-state index contributed by atoms with van der Waals surface area (Å²) in [4.78, 5) is 11.5. The zero-order chi connectivity index (χ0) is 16.0. The lowest BCUT2D eigenvalue weighted by molar-refractivity contribution is -0.137. The number of benzene rings is 1. The van der Waals surface area contributed by atoms with E-state index in [4.69, 9.17) is 5.11 Å². The lowest BCUT2D eigenvalue weighted by Crippen LogP contribution is -2.33. The minimum absolute atomic E-state index is 0.0175. The zero-order valence-electron chi connectivity index (χ0n) is 11.3. The summed E-state index contributed by atoms with van der Waals surface area (Å²) in [5.41, 5.74) is -1.77. The summed E-state index contributed by atoms with van der Waals surface area (Å²) in [6.07, 6.45) is -4.31. The number of aliphatic hydroxyl groups is 1. The van der Waals surface area contributed by atoms with E-state index in [0.717, 1.165) is 12.1 Å². The van der Waals surface area contributed by atoms with E-state index in [-0.39, 0.29) is 19.1 Å². The number of rotatable bonds is 5. The highest BCUT2D eigenvalue weighted by molar-refractivity contribution is 5.90. The van der Waals surface area contributed by atoms with Crippen LogP contribution in [0.25, 0.3) is 0 Å². The Morgan fingerprint density at radius 2 is 2.05 bits per heavy atom. The van der Waals surface area contributed by atoms with Crippen LogP contribution in [0.1, 0.15) is 18.9 Å². The van der Waals surface area contributed by atoms with Crippen molar-refractivity contribution in [2.75, 3.05) is 18.5 Å². The van der Waals surface area contributed by atoms with Crippen LogP contribution in [0.4, 0.5) is 28.0 Å². The molecule has 2 amide bonds. The maximum absolute atomic E-state index is 12.9. The van der Waals surface area contributed by atoms with Crippen LogP contribution in [0.2, 0.25) is 0 Å². The van der Waals surface area contributed by atoms with E-state index in [9.17, 15) is 22.4 Å². The average molecular weight is 308 g/mol. The van der Waals surface area contributed by atoms with Crippen molar-refractivity contribution in [3.8, 4) is 0 Å². The molecule has 1 atom stereocenters. The van der Waals surface area contributed by atoms with Gasteiger partial charge in [0.05, 0.1) is 11.3 Å². The van der Waals surface area contributed by atoms with Gasteiger partial charge in [0.25, 0.3) is 0 Å². The maximum atomic E-state index is 12.9. The highest BCUT2D eigenvalue weighted by Crippen LogP contribution is 2.35. The van der Waals surface area contributed by atoms with E-state index in [1.807, 2.05) is 5.32 Å². The van der Waals surface area contributed by atoms with Crippen LogP contribution in [0.3, 0.4) is 0 Å². The van der Waals surface area contributed by atoms with Crippen molar-refractivity contribution in [3.63, 3.8) is 0 Å². The van der Waals surface area contributed by atoms with Crippen molar-refractivity contribution in [1.82, 2.24) is 5.32 Å². The van der Waals surface area contributed by atoms with E-state index in [2.05, 4.69) is 5.32 Å². The number of halogens is 4. The summed E-state index contributed by atoms with van der Waals surface area (Å²) < 4.78 is 51.1. The molecule has 118 valence electrons. The van der Waals surface area contributed by atoms with E-state index in [1.54, 1.807) is 6.92 Å². The molecule has 1 unspecified atom stereocenters. The minimum atomic E-state index is -4.77. The first-order valence-electron chi connectivity index (χ1n) is 6.26. The summed E-state index contributed by atoms with van der Waals surface area (Å²) in [5.74, 6) is -1.05. The predicted molar refractivity (Wildman–Crippen MR) is 69.3 cm³/mol. The third-order valence-electron chi connectivity index (χ3n) is 2.77. The third-order valence-corrected chi connectivity index (χ3v) is 2.77. The first kappa shape index (κ1) is 17.2. The molecule has 21 heavy (non-hydrogen) atoms. The number of amides is 2. The molecule has 0 aliphatic rings. The molecule has 0 aromatic heterocycles. The lowest BCUT2D eigenvalue weighted by atomic mass is 10.1. The van der Waals surface area contributed by atoms with E-state index in [1.165, 1.54) is 0 Å². The molecule has 1 rings (SSSR count). The molecular formula is C13H16F4N2O2. The molecule has 0 saturated heterocycles. The summed E-state index contributed by atoms with van der Waals surface area (Å²) in [5, 5.41) is 13.1. The molecule has 1 aromatic carbocycles. The Balaban J connectivity index is 2.72. The van der Waals surface area contributed by atoms with Crippen molar-refractivity contribution in [2.45, 2.75) is 19.5 Å². The Labute approximate surface area is 119 Å². The van der Waals surface area contributed by atoms with E-state index in [0.29, 0.717) is 12.5 Å². The van der Waals surface area contributed by atoms with Gasteiger partial charge in [-0.2, -0.15) is 13.2 Å². The summed E-state index contributed by atoms with van der Waals surface area (Å²) >= 11 is 0. The maximum Gasteiger partial charge on any atom is 0.418 e. The van der Waals surface area contributed by atoms with Crippen LogP contribution in [0.15, 0.2) is 18.2 Å². The fourth-order valence-electron chi connectivity index (χ4n) is 1.62. The largest absolute Gasteiger partial charge is 0.418 e. The molecule has 0 radical (unpaired) electrons. The second kappa shape index (κ2) is 7.26. The van der Waals surface area contributed by atoms with Crippen LogP contribution in [0.5, 0.6) is 0 Å². The van der Waals surface area contributed by atoms with Crippen molar-refractivity contribution >= 4 is 11.7 Å². The van der Waals surface area contributed by atoms with Gasteiger partial charge in [-0.1, -0.05) is 6.92 Å². The zero-order valence-corrected chi connectivity index (χ0v) is 11.3. The average Bonchev–Trinajstić information content (AvgIpc) is 2.38. The number of carbonyl (C=O) groups excluding carboxylic acids is 1. The molecule has 0 bridgehead atoms. The Bertz CT molecular complexity index is 492. The topological polar surface area (TPSA) is 61.4 Å². The summed E-state index contributed by atoms with van der Waals surface area (Å²) in [7, 11) is 0. The molecule has 0 fully saturated rings. The standard InChI is InChI=1S/C13H16F4N2O2/c1-8(4-5-20)7-18-12(21)19-11-3-2-9(14)6-10(11)13(15,16)17/h2-3,6,8,20H,4-5,7H2,1H3,(H2,18,19,21). The number of carbonyl (C=O) groups is 1. The molecule has 0 saturated carbocycles. The van der Waals surface area contributed by atoms with Gasteiger partial charge in [-0.3, -0.25) is 0 Å². The van der Waals surface area contributed by atoms with Gasteiger partial charge < -0.3 is 15.7 Å². The Hall–Kier alpha value is -1.83. The van der Waals surface area contributed by atoms with Gasteiger partial charge in [0, 0.05) is 13.2 Å². The monoisotopic (exact) mass is 308 g/mol. The SMILES string of the molecule is CC(CCO)CNC(=O)Nc1ccc(F)cc1C(F)(F)F. The van der Waals surface area contributed by atoms with Gasteiger partial charge in [0.15, 0.2) is 0 Å². The number of nitrogens with one attached hydrogen (secondary N) is 2. The minimum Gasteiger partial charge on any atom is -0.396 e. The number of hydrogen-bond donors (Lipinski definition) is 3. The second-order valence-electron chi connectivity index (χ2n) is 4.64. The molecule has 3 N–H and O–H groups in total. The Kier molecular flexibility index (Phi) is 5.95. The van der Waals surface area contributed by atoms with Crippen LogP contribution in [0, 0.1) is 11.7 Å². The smallest absolute Gasteiger partial charge is 0.396 e. The first-order valence-corrected chi connectivity index (χ1v) is 6.26. The van der Waals surface area contributed by atoms with Crippen LogP contribution in [-0.4, -0.2) is 24.3 Å².